The van der Waals surface area contributed by atoms with Gasteiger partial charge in [-0.05, 0) is 48.4 Å². The van der Waals surface area contributed by atoms with E-state index in [1.54, 1.807) is 6.92 Å². The van der Waals surface area contributed by atoms with Crippen LogP contribution in [0.5, 0.6) is 0 Å². The van der Waals surface area contributed by atoms with Gasteiger partial charge in [-0.25, -0.2) is 9.59 Å². The molecule has 2 aromatic carbocycles. The number of nitrogens with one attached hydrogen (secondary N) is 2. The van der Waals surface area contributed by atoms with Crippen molar-refractivity contribution in [2.75, 3.05) is 13.2 Å². The summed E-state index contributed by atoms with van der Waals surface area (Å²) in [5.41, 5.74) is 3.41. The first-order chi connectivity index (χ1) is 16.3. The minimum atomic E-state index is -1.26. The quantitative estimate of drug-likeness (QED) is 0.416. The normalized spacial score (nSPS) is 14.9. The van der Waals surface area contributed by atoms with Crippen molar-refractivity contribution in [1.29, 1.82) is 0 Å². The zero-order chi connectivity index (χ0) is 24.7. The Morgan fingerprint density at radius 2 is 1.65 bits per heavy atom. The van der Waals surface area contributed by atoms with Crippen LogP contribution in [0, 0.1) is 5.92 Å². The fraction of sp³-hybridized carbons (Fsp3) is 0.444. The van der Waals surface area contributed by atoms with Gasteiger partial charge in [0.1, 0.15) is 12.1 Å². The number of benzene rings is 2. The molecule has 1 aliphatic rings. The van der Waals surface area contributed by atoms with Crippen molar-refractivity contribution in [2.24, 2.45) is 5.92 Å². The predicted molar refractivity (Wildman–Crippen MR) is 131 cm³/mol. The lowest BCUT2D eigenvalue weighted by Crippen LogP contribution is -2.53. The van der Waals surface area contributed by atoms with Gasteiger partial charge >= 0.3 is 12.1 Å². The first-order valence-corrected chi connectivity index (χ1v) is 11.9. The second-order valence-electron chi connectivity index (χ2n) is 9.17. The molecule has 2 aromatic rings. The number of aliphatic carboxylic acids is 1. The van der Waals surface area contributed by atoms with E-state index in [9.17, 15) is 19.5 Å². The summed E-state index contributed by atoms with van der Waals surface area (Å²) in [6.45, 7) is 5.80. The lowest BCUT2D eigenvalue weighted by Gasteiger charge is -2.27. The van der Waals surface area contributed by atoms with Gasteiger partial charge in [0.05, 0.1) is 0 Å². The Morgan fingerprint density at radius 3 is 2.21 bits per heavy atom. The van der Waals surface area contributed by atoms with Crippen LogP contribution in [0.4, 0.5) is 4.79 Å². The molecule has 3 N–H and O–H groups in total. The zero-order valence-electron chi connectivity index (χ0n) is 20.1. The number of rotatable bonds is 11. The predicted octanol–water partition coefficient (Wildman–Crippen LogP) is 4.70. The largest absolute Gasteiger partial charge is 0.480 e. The van der Waals surface area contributed by atoms with Crippen LogP contribution in [-0.2, 0) is 14.3 Å². The van der Waals surface area contributed by atoms with Crippen LogP contribution in [0.1, 0.15) is 63.5 Å². The number of hydrogen-bond acceptors (Lipinski definition) is 4. The number of ether oxygens (including phenoxy) is 1. The van der Waals surface area contributed by atoms with Gasteiger partial charge in [-0.3, -0.25) is 4.79 Å². The minimum absolute atomic E-state index is 0.00790. The summed E-state index contributed by atoms with van der Waals surface area (Å²) in [6.07, 6.45) is 1.64. The molecule has 2 amide bonds. The average Bonchev–Trinajstić information content (AvgIpc) is 3.14. The maximum Gasteiger partial charge on any atom is 0.407 e. The molecule has 34 heavy (non-hydrogen) atoms. The van der Waals surface area contributed by atoms with Crippen LogP contribution < -0.4 is 10.6 Å². The number of carbonyl (C=O) groups is 3. The summed E-state index contributed by atoms with van der Waals surface area (Å²) in [5.74, 6) is -1.68. The summed E-state index contributed by atoms with van der Waals surface area (Å²) in [5, 5.41) is 14.8. The van der Waals surface area contributed by atoms with Crippen LogP contribution in [0.2, 0.25) is 0 Å². The van der Waals surface area contributed by atoms with E-state index in [0.717, 1.165) is 11.1 Å². The van der Waals surface area contributed by atoms with E-state index in [1.165, 1.54) is 18.1 Å². The Morgan fingerprint density at radius 1 is 1.06 bits per heavy atom. The molecule has 2 atom stereocenters. The van der Waals surface area contributed by atoms with Crippen molar-refractivity contribution in [1.82, 2.24) is 10.6 Å². The van der Waals surface area contributed by atoms with E-state index in [4.69, 9.17) is 4.74 Å². The summed E-state index contributed by atoms with van der Waals surface area (Å²) < 4.78 is 5.52. The van der Waals surface area contributed by atoms with Gasteiger partial charge < -0.3 is 20.5 Å². The molecule has 7 heteroatoms. The van der Waals surface area contributed by atoms with Crippen LogP contribution in [0.15, 0.2) is 48.5 Å². The molecule has 0 saturated heterocycles. The summed E-state index contributed by atoms with van der Waals surface area (Å²) >= 11 is 0. The molecule has 1 aliphatic carbocycles. The van der Waals surface area contributed by atoms with E-state index in [0.29, 0.717) is 32.2 Å². The van der Waals surface area contributed by atoms with Gasteiger partial charge in [-0.15, -0.1) is 0 Å². The molecule has 0 heterocycles. The van der Waals surface area contributed by atoms with E-state index in [1.807, 2.05) is 31.2 Å². The van der Waals surface area contributed by atoms with Crippen LogP contribution in [-0.4, -0.2) is 41.8 Å². The highest BCUT2D eigenvalue weighted by molar-refractivity contribution is 5.87. The van der Waals surface area contributed by atoms with Gasteiger partial charge in [0.15, 0.2) is 0 Å². The van der Waals surface area contributed by atoms with Gasteiger partial charge in [0.25, 0.3) is 0 Å². The van der Waals surface area contributed by atoms with Crippen LogP contribution >= 0.6 is 0 Å². The average molecular weight is 467 g/mol. The van der Waals surface area contributed by atoms with E-state index >= 15 is 0 Å². The maximum absolute atomic E-state index is 12.4. The molecule has 7 nitrogen and oxygen atoms in total. The Kier molecular flexibility index (Phi) is 8.31. The number of hydrogen-bond donors (Lipinski definition) is 3. The van der Waals surface area contributed by atoms with Crippen molar-refractivity contribution in [3.63, 3.8) is 0 Å². The molecule has 3 rings (SSSR count). The van der Waals surface area contributed by atoms with E-state index < -0.39 is 17.6 Å². The van der Waals surface area contributed by atoms with Crippen molar-refractivity contribution >= 4 is 18.0 Å². The standard InChI is InChI=1S/C27H34N2O5/c1-4-15-27(3,25(31)32)29-24(30)18(2)10-9-16-28-26(33)34-17-23-21-13-7-5-11-19(21)20-12-6-8-14-22(20)23/h5-8,11-14,18,23H,4,9-10,15-17H2,1-3H3,(H,28,33)(H,29,30)(H,31,32). The fourth-order valence-electron chi connectivity index (χ4n) is 4.50. The number of carboxylic acid groups (broad SMARTS) is 1. The molecular weight excluding hydrogens is 432 g/mol. The van der Waals surface area contributed by atoms with Crippen molar-refractivity contribution in [3.8, 4) is 11.1 Å². The summed E-state index contributed by atoms with van der Waals surface area (Å²) in [7, 11) is 0. The number of carboxylic acids is 1. The summed E-state index contributed by atoms with van der Waals surface area (Å²) in [6, 6.07) is 16.3. The first-order valence-electron chi connectivity index (χ1n) is 11.9. The van der Waals surface area contributed by atoms with E-state index in [-0.39, 0.29) is 24.3 Å². The third kappa shape index (κ3) is 5.76. The molecule has 0 aromatic heterocycles. The molecule has 0 saturated carbocycles. The zero-order valence-corrected chi connectivity index (χ0v) is 20.1. The summed E-state index contributed by atoms with van der Waals surface area (Å²) in [4.78, 5) is 36.2. The maximum atomic E-state index is 12.4. The van der Waals surface area contributed by atoms with E-state index in [2.05, 4.69) is 34.9 Å². The van der Waals surface area contributed by atoms with Crippen molar-refractivity contribution in [3.05, 3.63) is 59.7 Å². The highest BCUT2D eigenvalue weighted by atomic mass is 16.5. The highest BCUT2D eigenvalue weighted by Crippen LogP contribution is 2.44. The topological polar surface area (TPSA) is 105 Å². The molecule has 2 unspecified atom stereocenters. The van der Waals surface area contributed by atoms with Crippen molar-refractivity contribution in [2.45, 2.75) is 57.9 Å². The Balaban J connectivity index is 1.42. The van der Waals surface area contributed by atoms with Crippen LogP contribution in [0.25, 0.3) is 11.1 Å². The van der Waals surface area contributed by atoms with Gasteiger partial charge in [-0.1, -0.05) is 68.8 Å². The fourth-order valence-corrected chi connectivity index (χ4v) is 4.50. The van der Waals surface area contributed by atoms with Gasteiger partial charge in [0, 0.05) is 18.4 Å². The molecule has 0 fully saturated rings. The monoisotopic (exact) mass is 466 g/mol. The van der Waals surface area contributed by atoms with Gasteiger partial charge in [-0.2, -0.15) is 0 Å². The number of carbonyl (C=O) groups excluding carboxylic acids is 2. The number of alkyl carbamates (subject to hydrolysis) is 1. The Labute approximate surface area is 200 Å². The smallest absolute Gasteiger partial charge is 0.407 e. The number of amides is 2. The second kappa shape index (κ2) is 11.2. The lowest BCUT2D eigenvalue weighted by atomic mass is 9.94. The van der Waals surface area contributed by atoms with Crippen LogP contribution in [0.3, 0.4) is 0 Å². The second-order valence-corrected chi connectivity index (χ2v) is 9.17. The number of fused-ring (bicyclic) bond motifs is 3. The Bertz CT molecular complexity index is 992. The van der Waals surface area contributed by atoms with Crippen molar-refractivity contribution < 1.29 is 24.2 Å². The third-order valence-electron chi connectivity index (χ3n) is 6.50. The molecule has 0 spiro atoms. The molecule has 0 aliphatic heterocycles. The molecular formula is C27H34N2O5. The minimum Gasteiger partial charge on any atom is -0.480 e. The molecule has 0 bridgehead atoms. The Hall–Kier alpha value is -3.35. The highest BCUT2D eigenvalue weighted by Gasteiger charge is 2.35. The van der Waals surface area contributed by atoms with Gasteiger partial charge in [0.2, 0.25) is 5.91 Å². The third-order valence-corrected chi connectivity index (χ3v) is 6.50. The molecule has 182 valence electrons. The SMILES string of the molecule is CCCC(C)(NC(=O)C(C)CCCNC(=O)OCC1c2ccccc2-c2ccccc21)C(=O)O. The molecule has 0 radical (unpaired) electrons. The first kappa shape index (κ1) is 25.3. The lowest BCUT2D eigenvalue weighted by molar-refractivity contribution is -0.147.